The topological polar surface area (TPSA) is 55.8 Å². The first-order valence-corrected chi connectivity index (χ1v) is 6.50. The van der Waals surface area contributed by atoms with Gasteiger partial charge in [-0.3, -0.25) is 4.79 Å². The van der Waals surface area contributed by atoms with E-state index in [-0.39, 0.29) is 0 Å². The minimum Gasteiger partial charge on any atom is -0.494 e. The third-order valence-corrected chi connectivity index (χ3v) is 3.32. The molecule has 19 heavy (non-hydrogen) atoms. The molecule has 0 aliphatic heterocycles. The van der Waals surface area contributed by atoms with Crippen LogP contribution in [-0.2, 0) is 15.1 Å². The average Bonchev–Trinajstić information content (AvgIpc) is 2.40. The normalized spacial score (nSPS) is 15.4. The highest BCUT2D eigenvalue weighted by atomic mass is 16.5. The van der Waals surface area contributed by atoms with Crippen LogP contribution >= 0.6 is 0 Å². The lowest BCUT2D eigenvalue weighted by Crippen LogP contribution is -2.37. The first-order valence-electron chi connectivity index (χ1n) is 6.50. The molecule has 0 aromatic heterocycles. The third kappa shape index (κ3) is 3.47. The summed E-state index contributed by atoms with van der Waals surface area (Å²) in [4.78, 5) is 11.7. The first kappa shape index (κ1) is 15.5. The molecule has 1 aromatic rings. The maximum atomic E-state index is 11.7. The number of ether oxygens (including phenoxy) is 2. The minimum atomic E-state index is -1.26. The summed E-state index contributed by atoms with van der Waals surface area (Å²) in [6.07, 6.45) is 0.507. The van der Waals surface area contributed by atoms with Crippen LogP contribution in [0, 0.1) is 5.92 Å². The van der Waals surface area contributed by atoms with E-state index in [4.69, 9.17) is 9.47 Å². The van der Waals surface area contributed by atoms with Crippen molar-refractivity contribution < 1.29 is 19.4 Å². The van der Waals surface area contributed by atoms with Gasteiger partial charge in [0.2, 0.25) is 0 Å². The Bertz CT molecular complexity index is 409. The van der Waals surface area contributed by atoms with Gasteiger partial charge in [0.25, 0.3) is 0 Å². The van der Waals surface area contributed by atoms with Crippen molar-refractivity contribution in [1.82, 2.24) is 0 Å². The van der Waals surface area contributed by atoms with Crippen LogP contribution in [0.1, 0.15) is 32.8 Å². The van der Waals surface area contributed by atoms with Crippen LogP contribution < -0.4 is 4.74 Å². The Labute approximate surface area is 114 Å². The van der Waals surface area contributed by atoms with E-state index >= 15 is 0 Å². The number of aliphatic hydroxyl groups is 1. The first-order chi connectivity index (χ1) is 8.97. The molecule has 0 spiro atoms. The Morgan fingerprint density at radius 3 is 2.32 bits per heavy atom. The molecule has 1 aromatic carbocycles. The zero-order chi connectivity index (χ0) is 14.5. The van der Waals surface area contributed by atoms with E-state index in [2.05, 4.69) is 0 Å². The Kier molecular flexibility index (Phi) is 5.36. The average molecular weight is 266 g/mol. The van der Waals surface area contributed by atoms with Gasteiger partial charge in [-0.2, -0.15) is 0 Å². The molecule has 1 N–H and O–H groups in total. The van der Waals surface area contributed by atoms with Crippen LogP contribution in [-0.4, -0.2) is 24.8 Å². The minimum absolute atomic E-state index is 0.401. The fraction of sp³-hybridized carbons (Fsp3) is 0.533. The molecule has 0 aliphatic carbocycles. The van der Waals surface area contributed by atoms with Gasteiger partial charge in [-0.05, 0) is 38.0 Å². The van der Waals surface area contributed by atoms with Crippen LogP contribution in [0.2, 0.25) is 0 Å². The molecule has 0 aliphatic rings. The SMILES string of the molecule is CCOc1ccc(C(C)(O)C(CC)C(=O)OC)cc1. The van der Waals surface area contributed by atoms with Crippen molar-refractivity contribution in [2.75, 3.05) is 13.7 Å². The predicted molar refractivity (Wildman–Crippen MR) is 73.0 cm³/mol. The lowest BCUT2D eigenvalue weighted by Gasteiger charge is -2.30. The molecule has 2 atom stereocenters. The number of carbonyl (C=O) groups is 1. The molecule has 0 fully saturated rings. The van der Waals surface area contributed by atoms with Gasteiger partial charge in [-0.15, -0.1) is 0 Å². The lowest BCUT2D eigenvalue weighted by atomic mass is 9.81. The van der Waals surface area contributed by atoms with Crippen LogP contribution in [0.25, 0.3) is 0 Å². The van der Waals surface area contributed by atoms with E-state index in [1.54, 1.807) is 31.2 Å². The molecule has 0 saturated carbocycles. The van der Waals surface area contributed by atoms with Crippen LogP contribution in [0.5, 0.6) is 5.75 Å². The number of rotatable bonds is 6. The second kappa shape index (κ2) is 6.57. The summed E-state index contributed by atoms with van der Waals surface area (Å²) in [5.41, 5.74) is -0.583. The molecule has 0 saturated heterocycles. The molecule has 0 heterocycles. The number of esters is 1. The smallest absolute Gasteiger partial charge is 0.311 e. The van der Waals surface area contributed by atoms with Gasteiger partial charge in [0.15, 0.2) is 0 Å². The van der Waals surface area contributed by atoms with Gasteiger partial charge in [0.05, 0.1) is 19.6 Å². The van der Waals surface area contributed by atoms with Crippen molar-refractivity contribution in [3.05, 3.63) is 29.8 Å². The van der Waals surface area contributed by atoms with E-state index < -0.39 is 17.5 Å². The molecular weight excluding hydrogens is 244 g/mol. The summed E-state index contributed by atoms with van der Waals surface area (Å²) in [7, 11) is 1.33. The van der Waals surface area contributed by atoms with Gasteiger partial charge < -0.3 is 14.6 Å². The van der Waals surface area contributed by atoms with E-state index in [1.165, 1.54) is 7.11 Å². The van der Waals surface area contributed by atoms with Crippen molar-refractivity contribution in [3.63, 3.8) is 0 Å². The molecular formula is C15H22O4. The lowest BCUT2D eigenvalue weighted by molar-refractivity contribution is -0.155. The van der Waals surface area contributed by atoms with Gasteiger partial charge in [0.1, 0.15) is 11.4 Å². The van der Waals surface area contributed by atoms with E-state index in [1.807, 2.05) is 13.8 Å². The van der Waals surface area contributed by atoms with Crippen LogP contribution in [0.15, 0.2) is 24.3 Å². The standard InChI is InChI=1S/C15H22O4/c1-5-13(14(16)18-4)15(3,17)11-7-9-12(10-8-11)19-6-2/h7-10,13,17H,5-6H2,1-4H3. The summed E-state index contributed by atoms with van der Waals surface area (Å²) >= 11 is 0. The highest BCUT2D eigenvalue weighted by Gasteiger charge is 2.38. The summed E-state index contributed by atoms with van der Waals surface area (Å²) in [6, 6.07) is 7.13. The van der Waals surface area contributed by atoms with Crippen molar-refractivity contribution in [2.45, 2.75) is 32.8 Å². The monoisotopic (exact) mass is 266 g/mol. The maximum Gasteiger partial charge on any atom is 0.311 e. The molecule has 4 nitrogen and oxygen atoms in total. The van der Waals surface area contributed by atoms with Gasteiger partial charge >= 0.3 is 5.97 Å². The molecule has 0 amide bonds. The number of benzene rings is 1. The zero-order valence-corrected chi connectivity index (χ0v) is 12.0. The molecule has 0 radical (unpaired) electrons. The van der Waals surface area contributed by atoms with Gasteiger partial charge in [-0.1, -0.05) is 19.1 Å². The summed E-state index contributed by atoms with van der Waals surface area (Å²) < 4.78 is 10.1. The van der Waals surface area contributed by atoms with Crippen molar-refractivity contribution in [3.8, 4) is 5.75 Å². The Morgan fingerprint density at radius 2 is 1.89 bits per heavy atom. The fourth-order valence-corrected chi connectivity index (χ4v) is 2.19. The quantitative estimate of drug-likeness (QED) is 0.804. The summed E-state index contributed by atoms with van der Waals surface area (Å²) in [6.45, 7) is 5.99. The maximum absolute atomic E-state index is 11.7. The summed E-state index contributed by atoms with van der Waals surface area (Å²) in [5.74, 6) is -0.245. The second-order valence-corrected chi connectivity index (χ2v) is 4.59. The number of hydrogen-bond acceptors (Lipinski definition) is 4. The second-order valence-electron chi connectivity index (χ2n) is 4.59. The number of methoxy groups -OCH3 is 1. The third-order valence-electron chi connectivity index (χ3n) is 3.32. The molecule has 2 unspecified atom stereocenters. The van der Waals surface area contributed by atoms with Crippen LogP contribution in [0.3, 0.4) is 0 Å². The molecule has 0 bridgehead atoms. The summed E-state index contributed by atoms with van der Waals surface area (Å²) in [5, 5.41) is 10.6. The van der Waals surface area contributed by atoms with Gasteiger partial charge in [0, 0.05) is 0 Å². The van der Waals surface area contributed by atoms with Crippen molar-refractivity contribution in [1.29, 1.82) is 0 Å². The highest BCUT2D eigenvalue weighted by Crippen LogP contribution is 2.33. The van der Waals surface area contributed by atoms with E-state index in [0.717, 1.165) is 5.75 Å². The zero-order valence-electron chi connectivity index (χ0n) is 12.0. The van der Waals surface area contributed by atoms with Gasteiger partial charge in [-0.25, -0.2) is 0 Å². The van der Waals surface area contributed by atoms with Crippen molar-refractivity contribution in [2.24, 2.45) is 5.92 Å². The van der Waals surface area contributed by atoms with E-state index in [9.17, 15) is 9.90 Å². The molecule has 4 heteroatoms. The van der Waals surface area contributed by atoms with Crippen molar-refractivity contribution >= 4 is 5.97 Å². The van der Waals surface area contributed by atoms with Crippen LogP contribution in [0.4, 0.5) is 0 Å². The highest BCUT2D eigenvalue weighted by molar-refractivity contribution is 5.74. The van der Waals surface area contributed by atoms with E-state index in [0.29, 0.717) is 18.6 Å². The Balaban J connectivity index is 3.00. The molecule has 106 valence electrons. The Hall–Kier alpha value is -1.55. The molecule has 1 rings (SSSR count). The number of hydrogen-bond donors (Lipinski definition) is 1. The largest absolute Gasteiger partial charge is 0.494 e. The predicted octanol–water partition coefficient (Wildman–Crippen LogP) is 2.49. The number of carbonyl (C=O) groups excluding carboxylic acids is 1. The Morgan fingerprint density at radius 1 is 1.32 bits per heavy atom. The fourth-order valence-electron chi connectivity index (χ4n) is 2.19.